The number of nitrogens with one attached hydrogen (secondary N) is 1. The third-order valence-electron chi connectivity index (χ3n) is 4.26. The number of benzene rings is 2. The van der Waals surface area contributed by atoms with Crippen LogP contribution in [0.2, 0.25) is 0 Å². The molecule has 0 saturated carbocycles. The summed E-state index contributed by atoms with van der Waals surface area (Å²) in [6.07, 6.45) is 2.36. The van der Waals surface area contributed by atoms with Crippen molar-refractivity contribution in [3.63, 3.8) is 0 Å². The Morgan fingerprint density at radius 1 is 1.20 bits per heavy atom. The van der Waals surface area contributed by atoms with E-state index >= 15 is 0 Å². The fourth-order valence-corrected chi connectivity index (χ4v) is 3.18. The predicted molar refractivity (Wildman–Crippen MR) is 116 cm³/mol. The van der Waals surface area contributed by atoms with Crippen molar-refractivity contribution in [1.82, 2.24) is 9.78 Å². The van der Waals surface area contributed by atoms with Gasteiger partial charge in [-0.25, -0.2) is 13.9 Å². The van der Waals surface area contributed by atoms with E-state index < -0.39 is 24.3 Å². The minimum absolute atomic E-state index is 0.227. The van der Waals surface area contributed by atoms with E-state index in [9.17, 15) is 14.0 Å². The molecule has 0 fully saturated rings. The van der Waals surface area contributed by atoms with Crippen LogP contribution in [0.1, 0.15) is 17.0 Å². The number of anilines is 1. The fraction of sp³-hybridized carbons (Fsp3) is 0.136. The van der Waals surface area contributed by atoms with E-state index in [0.717, 1.165) is 17.5 Å². The monoisotopic (exact) mass is 471 g/mol. The van der Waals surface area contributed by atoms with Crippen LogP contribution in [0.3, 0.4) is 0 Å². The quantitative estimate of drug-likeness (QED) is 0.421. The van der Waals surface area contributed by atoms with Crippen molar-refractivity contribution in [2.75, 3.05) is 11.9 Å². The number of para-hydroxylation sites is 1. The molecule has 1 heterocycles. The first-order valence-corrected chi connectivity index (χ1v) is 9.86. The third-order valence-corrected chi connectivity index (χ3v) is 4.75. The van der Waals surface area contributed by atoms with Crippen LogP contribution in [0, 0.1) is 19.7 Å². The number of amides is 1. The second kappa shape index (κ2) is 9.49. The Labute approximate surface area is 181 Å². The molecule has 3 rings (SSSR count). The Balaban J connectivity index is 1.60. The Bertz CT molecular complexity index is 1110. The van der Waals surface area contributed by atoms with Gasteiger partial charge in [-0.2, -0.15) is 5.10 Å². The summed E-state index contributed by atoms with van der Waals surface area (Å²) >= 11 is 3.24. The number of halogens is 2. The number of carbonyl (C=O) groups is 2. The van der Waals surface area contributed by atoms with Gasteiger partial charge in [0.2, 0.25) is 0 Å². The van der Waals surface area contributed by atoms with Crippen LogP contribution in [0.4, 0.5) is 10.1 Å². The molecule has 8 heteroatoms. The van der Waals surface area contributed by atoms with Gasteiger partial charge in [-0.1, -0.05) is 34.1 Å². The lowest BCUT2D eigenvalue weighted by atomic mass is 10.2. The SMILES string of the molecule is Cc1nn(-c2ccccc2)c(C)c1NC(=O)COC(=O)/C=C\c1cc(Br)ccc1F. The second-order valence-electron chi connectivity index (χ2n) is 6.45. The van der Waals surface area contributed by atoms with E-state index in [2.05, 4.69) is 26.3 Å². The molecule has 0 spiro atoms. The summed E-state index contributed by atoms with van der Waals surface area (Å²) in [6.45, 7) is 3.15. The lowest BCUT2D eigenvalue weighted by Crippen LogP contribution is -2.20. The summed E-state index contributed by atoms with van der Waals surface area (Å²) in [4.78, 5) is 24.1. The summed E-state index contributed by atoms with van der Waals surface area (Å²) in [5.41, 5.74) is 3.05. The van der Waals surface area contributed by atoms with Crippen molar-refractivity contribution in [3.05, 3.63) is 81.8 Å². The molecule has 6 nitrogen and oxygen atoms in total. The van der Waals surface area contributed by atoms with Crippen LogP contribution in [-0.2, 0) is 14.3 Å². The molecular weight excluding hydrogens is 453 g/mol. The normalized spacial score (nSPS) is 10.9. The maximum atomic E-state index is 13.7. The smallest absolute Gasteiger partial charge is 0.331 e. The van der Waals surface area contributed by atoms with Gasteiger partial charge < -0.3 is 10.1 Å². The Hall–Kier alpha value is -3.26. The maximum absolute atomic E-state index is 13.7. The van der Waals surface area contributed by atoms with E-state index in [-0.39, 0.29) is 5.56 Å². The third kappa shape index (κ3) is 5.21. The van der Waals surface area contributed by atoms with Crippen LogP contribution < -0.4 is 5.32 Å². The lowest BCUT2D eigenvalue weighted by molar-refractivity contribution is -0.142. The van der Waals surface area contributed by atoms with Gasteiger partial charge in [-0.3, -0.25) is 4.79 Å². The number of nitrogens with zero attached hydrogens (tertiary/aromatic N) is 2. The first-order valence-electron chi connectivity index (χ1n) is 9.06. The molecule has 0 unspecified atom stereocenters. The molecule has 1 aromatic heterocycles. The number of rotatable bonds is 6. The van der Waals surface area contributed by atoms with Gasteiger partial charge in [-0.15, -0.1) is 0 Å². The molecule has 30 heavy (non-hydrogen) atoms. The van der Waals surface area contributed by atoms with Gasteiger partial charge in [0.1, 0.15) is 5.82 Å². The highest BCUT2D eigenvalue weighted by atomic mass is 79.9. The minimum atomic E-state index is -0.752. The van der Waals surface area contributed by atoms with Crippen molar-refractivity contribution in [2.45, 2.75) is 13.8 Å². The topological polar surface area (TPSA) is 73.2 Å². The molecule has 2 aromatic carbocycles. The van der Waals surface area contributed by atoms with Gasteiger partial charge >= 0.3 is 5.97 Å². The number of aryl methyl sites for hydroxylation is 1. The van der Waals surface area contributed by atoms with Crippen molar-refractivity contribution in [3.8, 4) is 5.69 Å². The molecule has 154 valence electrons. The summed E-state index contributed by atoms with van der Waals surface area (Å²) in [6, 6.07) is 13.9. The van der Waals surface area contributed by atoms with Crippen molar-refractivity contribution in [1.29, 1.82) is 0 Å². The van der Waals surface area contributed by atoms with Crippen molar-refractivity contribution < 1.29 is 18.7 Å². The highest BCUT2D eigenvalue weighted by Gasteiger charge is 2.16. The van der Waals surface area contributed by atoms with Gasteiger partial charge in [0, 0.05) is 16.1 Å². The van der Waals surface area contributed by atoms with Gasteiger partial charge in [-0.05, 0) is 50.3 Å². The molecule has 0 aliphatic rings. The van der Waals surface area contributed by atoms with Crippen molar-refractivity contribution >= 4 is 39.6 Å². The number of hydrogen-bond donors (Lipinski definition) is 1. The highest BCUT2D eigenvalue weighted by Crippen LogP contribution is 2.22. The van der Waals surface area contributed by atoms with E-state index in [1.807, 2.05) is 37.3 Å². The minimum Gasteiger partial charge on any atom is -0.452 e. The maximum Gasteiger partial charge on any atom is 0.331 e. The molecule has 0 atom stereocenters. The van der Waals surface area contributed by atoms with Gasteiger partial charge in [0.15, 0.2) is 6.61 Å². The average Bonchev–Trinajstić information content (AvgIpc) is 3.01. The molecule has 3 aromatic rings. The number of aromatic nitrogens is 2. The highest BCUT2D eigenvalue weighted by molar-refractivity contribution is 9.10. The van der Waals surface area contributed by atoms with E-state index in [0.29, 0.717) is 15.9 Å². The fourth-order valence-electron chi connectivity index (χ4n) is 2.80. The second-order valence-corrected chi connectivity index (χ2v) is 7.36. The van der Waals surface area contributed by atoms with Crippen molar-refractivity contribution in [2.24, 2.45) is 0 Å². The van der Waals surface area contributed by atoms with Crippen LogP contribution in [0.15, 0.2) is 59.1 Å². The molecule has 1 N–H and O–H groups in total. The largest absolute Gasteiger partial charge is 0.452 e. The standard InChI is InChI=1S/C22H19BrFN3O3/c1-14-22(15(2)27(26-14)18-6-4-3-5-7-18)25-20(28)13-30-21(29)11-8-16-12-17(23)9-10-19(16)24/h3-12H,13H2,1-2H3,(H,25,28)/b11-8-. The molecule has 0 aliphatic carbocycles. The predicted octanol–water partition coefficient (Wildman–Crippen LogP) is 4.59. The van der Waals surface area contributed by atoms with E-state index in [1.54, 1.807) is 17.7 Å². The zero-order chi connectivity index (χ0) is 21.7. The van der Waals surface area contributed by atoms with E-state index in [1.165, 1.54) is 18.2 Å². The number of esters is 1. The van der Waals surface area contributed by atoms with Crippen LogP contribution in [-0.4, -0.2) is 28.3 Å². The first kappa shape index (κ1) is 21.4. The van der Waals surface area contributed by atoms with Gasteiger partial charge in [0.05, 0.1) is 22.8 Å². The van der Waals surface area contributed by atoms with Gasteiger partial charge in [0.25, 0.3) is 5.91 Å². The average molecular weight is 472 g/mol. The summed E-state index contributed by atoms with van der Waals surface area (Å²) < 4.78 is 21.0. The molecule has 1 amide bonds. The van der Waals surface area contributed by atoms with Crippen LogP contribution in [0.25, 0.3) is 11.8 Å². The molecule has 0 bridgehead atoms. The summed E-state index contributed by atoms with van der Waals surface area (Å²) in [5, 5.41) is 7.18. The zero-order valence-electron chi connectivity index (χ0n) is 16.4. The Kier molecular flexibility index (Phi) is 6.79. The number of ether oxygens (including phenoxy) is 1. The van der Waals surface area contributed by atoms with E-state index in [4.69, 9.17) is 4.74 Å². The van der Waals surface area contributed by atoms with Crippen LogP contribution in [0.5, 0.6) is 0 Å². The molecular formula is C22H19BrFN3O3. The summed E-state index contributed by atoms with van der Waals surface area (Å²) in [7, 11) is 0. The number of carbonyl (C=O) groups excluding carboxylic acids is 2. The Morgan fingerprint density at radius 2 is 1.93 bits per heavy atom. The zero-order valence-corrected chi connectivity index (χ0v) is 17.9. The summed E-state index contributed by atoms with van der Waals surface area (Å²) in [5.74, 6) is -1.72. The molecule has 0 saturated heterocycles. The number of hydrogen-bond acceptors (Lipinski definition) is 4. The van der Waals surface area contributed by atoms with Crippen LogP contribution >= 0.6 is 15.9 Å². The molecule has 0 radical (unpaired) electrons. The first-order chi connectivity index (χ1) is 14.3. The molecule has 0 aliphatic heterocycles. The lowest BCUT2D eigenvalue weighted by Gasteiger charge is -2.07. The Morgan fingerprint density at radius 3 is 2.67 bits per heavy atom.